The molecule has 0 bridgehead atoms. The number of carboxylic acid groups (broad SMARTS) is 1. The van der Waals surface area contributed by atoms with Crippen LogP contribution < -0.4 is 4.72 Å². The number of halogens is 1. The number of carbonyl (C=O) groups is 1. The molecule has 8 heteroatoms. The zero-order valence-electron chi connectivity index (χ0n) is 10.2. The number of ether oxygens (including phenoxy) is 1. The molecule has 1 aromatic rings. The highest BCUT2D eigenvalue weighted by Gasteiger charge is 2.18. The van der Waals surface area contributed by atoms with Gasteiger partial charge in [0.2, 0.25) is 10.0 Å². The molecule has 0 saturated heterocycles. The van der Waals surface area contributed by atoms with E-state index < -0.39 is 16.0 Å². The highest BCUT2D eigenvalue weighted by atomic mass is 35.5. The normalized spacial score (nSPS) is 11.3. The van der Waals surface area contributed by atoms with Gasteiger partial charge >= 0.3 is 5.97 Å². The summed E-state index contributed by atoms with van der Waals surface area (Å²) in [5, 5.41) is 8.98. The van der Waals surface area contributed by atoms with E-state index in [0.29, 0.717) is 6.61 Å². The molecule has 0 heterocycles. The minimum atomic E-state index is -3.68. The number of sulfonamides is 1. The monoisotopic (exact) mass is 307 g/mol. The van der Waals surface area contributed by atoms with Crippen molar-refractivity contribution in [1.29, 1.82) is 0 Å². The van der Waals surface area contributed by atoms with Crippen LogP contribution in [0.25, 0.3) is 0 Å². The fourth-order valence-electron chi connectivity index (χ4n) is 1.36. The summed E-state index contributed by atoms with van der Waals surface area (Å²) in [5.41, 5.74) is -0.333. The molecule has 0 aliphatic heterocycles. The van der Waals surface area contributed by atoms with Gasteiger partial charge in [0.1, 0.15) is 5.56 Å². The van der Waals surface area contributed by atoms with Crippen LogP contribution in [0.15, 0.2) is 18.2 Å². The van der Waals surface area contributed by atoms with Crippen LogP contribution in [0.2, 0.25) is 5.02 Å². The zero-order valence-corrected chi connectivity index (χ0v) is 11.8. The fraction of sp³-hybridized carbons (Fsp3) is 0.364. The molecule has 0 atom stereocenters. The minimum Gasteiger partial charge on any atom is -0.478 e. The van der Waals surface area contributed by atoms with Crippen LogP contribution in [0.4, 0.5) is 5.69 Å². The van der Waals surface area contributed by atoms with Gasteiger partial charge in [-0.1, -0.05) is 17.7 Å². The van der Waals surface area contributed by atoms with Crippen LogP contribution in [-0.2, 0) is 14.8 Å². The van der Waals surface area contributed by atoms with Crippen LogP contribution in [0.3, 0.4) is 0 Å². The lowest BCUT2D eigenvalue weighted by Gasteiger charge is -2.11. The largest absolute Gasteiger partial charge is 0.478 e. The highest BCUT2D eigenvalue weighted by molar-refractivity contribution is 7.92. The Kier molecular flexibility index (Phi) is 5.59. The molecule has 0 aromatic heterocycles. The van der Waals surface area contributed by atoms with E-state index in [1.165, 1.54) is 18.2 Å². The van der Waals surface area contributed by atoms with Gasteiger partial charge in [0.25, 0.3) is 0 Å². The zero-order chi connectivity index (χ0) is 14.5. The summed E-state index contributed by atoms with van der Waals surface area (Å²) in [6.07, 6.45) is 0. The number of aromatic carboxylic acids is 1. The Morgan fingerprint density at radius 3 is 2.74 bits per heavy atom. The second-order valence-corrected chi connectivity index (χ2v) is 5.83. The number of hydrogen-bond donors (Lipinski definition) is 2. The van der Waals surface area contributed by atoms with Gasteiger partial charge in [0, 0.05) is 6.61 Å². The van der Waals surface area contributed by atoms with Crippen molar-refractivity contribution in [2.75, 3.05) is 23.7 Å². The smallest absolute Gasteiger partial charge is 0.339 e. The molecule has 1 rings (SSSR count). The number of anilines is 1. The second kappa shape index (κ2) is 6.74. The van der Waals surface area contributed by atoms with E-state index in [0.717, 1.165) is 0 Å². The van der Waals surface area contributed by atoms with Crippen LogP contribution in [0.5, 0.6) is 0 Å². The summed E-state index contributed by atoms with van der Waals surface area (Å²) in [4.78, 5) is 11.0. The molecule has 0 aliphatic carbocycles. The van der Waals surface area contributed by atoms with Gasteiger partial charge in [-0.05, 0) is 19.1 Å². The van der Waals surface area contributed by atoms with E-state index in [4.69, 9.17) is 21.4 Å². The number of hydrogen-bond acceptors (Lipinski definition) is 4. The first kappa shape index (κ1) is 15.7. The molecule has 0 fully saturated rings. The lowest BCUT2D eigenvalue weighted by molar-refractivity contribution is 0.0698. The second-order valence-electron chi connectivity index (χ2n) is 3.59. The summed E-state index contributed by atoms with van der Waals surface area (Å²) in [6, 6.07) is 4.19. The average Bonchev–Trinajstić information content (AvgIpc) is 2.27. The maximum atomic E-state index is 11.7. The highest BCUT2D eigenvalue weighted by Crippen LogP contribution is 2.25. The first-order chi connectivity index (χ1) is 8.87. The summed E-state index contributed by atoms with van der Waals surface area (Å²) in [6.45, 7) is 2.20. The van der Waals surface area contributed by atoms with Crippen molar-refractivity contribution in [2.45, 2.75) is 6.92 Å². The molecule has 106 valence electrons. The van der Waals surface area contributed by atoms with E-state index >= 15 is 0 Å². The molecule has 19 heavy (non-hydrogen) atoms. The van der Waals surface area contributed by atoms with Gasteiger partial charge in [-0.15, -0.1) is 0 Å². The molecule has 0 radical (unpaired) electrons. The summed E-state index contributed by atoms with van der Waals surface area (Å²) >= 11 is 5.74. The van der Waals surface area contributed by atoms with Crippen LogP contribution >= 0.6 is 11.6 Å². The summed E-state index contributed by atoms with van der Waals surface area (Å²) in [5.74, 6) is -1.56. The first-order valence-electron chi connectivity index (χ1n) is 5.47. The molecule has 0 aliphatic rings. The number of rotatable bonds is 7. The van der Waals surface area contributed by atoms with Gasteiger partial charge in [-0.2, -0.15) is 0 Å². The van der Waals surface area contributed by atoms with E-state index in [1.54, 1.807) is 6.92 Å². The topological polar surface area (TPSA) is 92.7 Å². The van der Waals surface area contributed by atoms with Crippen molar-refractivity contribution >= 4 is 33.3 Å². The Labute approximate surface area is 116 Å². The predicted molar refractivity (Wildman–Crippen MR) is 72.3 cm³/mol. The lowest BCUT2D eigenvalue weighted by atomic mass is 10.2. The molecule has 0 saturated carbocycles. The third-order valence-corrected chi connectivity index (χ3v) is 3.74. The van der Waals surface area contributed by atoms with Crippen LogP contribution in [0.1, 0.15) is 17.3 Å². The van der Waals surface area contributed by atoms with Gasteiger partial charge in [0.15, 0.2) is 0 Å². The number of nitrogens with one attached hydrogen (secondary N) is 1. The van der Waals surface area contributed by atoms with Gasteiger partial charge in [-0.3, -0.25) is 4.72 Å². The average molecular weight is 308 g/mol. The predicted octanol–water partition coefficient (Wildman–Crippen LogP) is 1.82. The molecule has 0 unspecified atom stereocenters. The quantitative estimate of drug-likeness (QED) is 0.749. The summed E-state index contributed by atoms with van der Waals surface area (Å²) in [7, 11) is -3.68. The fourth-order valence-corrected chi connectivity index (χ4v) is 2.56. The van der Waals surface area contributed by atoms with Crippen molar-refractivity contribution in [1.82, 2.24) is 0 Å². The van der Waals surface area contributed by atoms with Gasteiger partial charge in [0.05, 0.1) is 23.1 Å². The third-order valence-electron chi connectivity index (χ3n) is 2.19. The Bertz CT molecular complexity index is 558. The molecular weight excluding hydrogens is 294 g/mol. The maximum Gasteiger partial charge on any atom is 0.339 e. The molecule has 1 aromatic carbocycles. The van der Waals surface area contributed by atoms with E-state index in [-0.39, 0.29) is 28.6 Å². The van der Waals surface area contributed by atoms with E-state index in [9.17, 15) is 13.2 Å². The standard InChI is InChI=1S/C11H14ClNO5S/c1-2-18-6-7-19(16,17)13-9-5-3-4-8(12)10(9)11(14)15/h3-5,13H,2,6-7H2,1H3,(H,14,15). The maximum absolute atomic E-state index is 11.7. The van der Waals surface area contributed by atoms with Crippen molar-refractivity contribution in [2.24, 2.45) is 0 Å². The van der Waals surface area contributed by atoms with Crippen molar-refractivity contribution in [3.8, 4) is 0 Å². The number of carboxylic acids is 1. The summed E-state index contributed by atoms with van der Waals surface area (Å²) < 4.78 is 30.6. The van der Waals surface area contributed by atoms with Crippen molar-refractivity contribution < 1.29 is 23.1 Å². The molecule has 2 N–H and O–H groups in total. The lowest BCUT2D eigenvalue weighted by Crippen LogP contribution is -2.21. The van der Waals surface area contributed by atoms with E-state index in [1.807, 2.05) is 0 Å². The van der Waals surface area contributed by atoms with Crippen LogP contribution in [-0.4, -0.2) is 38.5 Å². The SMILES string of the molecule is CCOCCS(=O)(=O)Nc1cccc(Cl)c1C(=O)O. The van der Waals surface area contributed by atoms with E-state index in [2.05, 4.69) is 4.72 Å². The van der Waals surface area contributed by atoms with Gasteiger partial charge < -0.3 is 9.84 Å². The molecule has 0 amide bonds. The molecule has 0 spiro atoms. The Morgan fingerprint density at radius 2 is 2.16 bits per heavy atom. The van der Waals surface area contributed by atoms with Gasteiger partial charge in [-0.25, -0.2) is 13.2 Å². The van der Waals surface area contributed by atoms with Crippen molar-refractivity contribution in [3.63, 3.8) is 0 Å². The minimum absolute atomic E-state index is 0.0301. The third kappa shape index (κ3) is 4.70. The van der Waals surface area contributed by atoms with Crippen LogP contribution in [0, 0.1) is 0 Å². The Morgan fingerprint density at radius 1 is 1.47 bits per heavy atom. The molecular formula is C11H14ClNO5S. The molecule has 6 nitrogen and oxygen atoms in total. The van der Waals surface area contributed by atoms with Crippen molar-refractivity contribution in [3.05, 3.63) is 28.8 Å². The number of benzene rings is 1. The Balaban J connectivity index is 2.93. The Hall–Kier alpha value is -1.31. The first-order valence-corrected chi connectivity index (χ1v) is 7.50.